The van der Waals surface area contributed by atoms with Crippen molar-refractivity contribution in [3.8, 4) is 29.0 Å². The number of aromatic nitrogens is 2. The number of nitrogens with two attached hydrogens (primary N) is 1. The highest BCUT2D eigenvalue weighted by Crippen LogP contribution is 2.51. The lowest BCUT2D eigenvalue weighted by molar-refractivity contribution is 0.107. The van der Waals surface area contributed by atoms with Crippen molar-refractivity contribution < 1.29 is 27.8 Å². The van der Waals surface area contributed by atoms with E-state index in [9.17, 15) is 19.1 Å². The number of ether oxygens (including phenoxy) is 2. The molecule has 2 aromatic carbocycles. The van der Waals surface area contributed by atoms with E-state index in [1.54, 1.807) is 11.8 Å². The van der Waals surface area contributed by atoms with Gasteiger partial charge in [-0.05, 0) is 44.9 Å². The molecule has 2 aromatic heterocycles. The topological polar surface area (TPSA) is 121 Å². The Morgan fingerprint density at radius 1 is 1.31 bits per heavy atom. The number of benzene rings is 2. The second kappa shape index (κ2) is 11.0. The predicted octanol–water partition coefficient (Wildman–Crippen LogP) is 5.82. The molecule has 0 aliphatic carbocycles. The first-order valence-electron chi connectivity index (χ1n) is 14.8. The minimum Gasteiger partial charge on any atom is -0.486 e. The highest BCUT2D eigenvalue weighted by molar-refractivity contribution is 7.23. The van der Waals surface area contributed by atoms with Gasteiger partial charge >= 0.3 is 6.01 Å². The Kier molecular flexibility index (Phi) is 7.39. The molecule has 0 saturated carbocycles. The van der Waals surface area contributed by atoms with Gasteiger partial charge in [0.15, 0.2) is 11.6 Å². The van der Waals surface area contributed by atoms with Crippen molar-refractivity contribution in [2.45, 2.75) is 57.0 Å². The molecule has 4 aromatic rings. The van der Waals surface area contributed by atoms with Gasteiger partial charge in [-0.1, -0.05) is 17.7 Å². The molecule has 0 amide bonds. The smallest absolute Gasteiger partial charge is 0.319 e. The predicted molar refractivity (Wildman–Crippen MR) is 167 cm³/mol. The maximum atomic E-state index is 17.0. The lowest BCUT2D eigenvalue weighted by Gasteiger charge is -2.31. The summed E-state index contributed by atoms with van der Waals surface area (Å²) in [6.45, 7) is 4.89. The van der Waals surface area contributed by atoms with Crippen molar-refractivity contribution in [1.29, 1.82) is 5.26 Å². The summed E-state index contributed by atoms with van der Waals surface area (Å²) in [5.41, 5.74) is 5.43. The first kappa shape index (κ1) is 30.1. The fourth-order valence-corrected chi connectivity index (χ4v) is 8.37. The van der Waals surface area contributed by atoms with Gasteiger partial charge in [0.05, 0.1) is 45.4 Å². The van der Waals surface area contributed by atoms with Crippen LogP contribution in [-0.2, 0) is 0 Å². The summed E-state index contributed by atoms with van der Waals surface area (Å²) in [4.78, 5) is 13.1. The molecule has 0 spiro atoms. The van der Waals surface area contributed by atoms with E-state index >= 15 is 4.39 Å². The average Bonchev–Trinajstić information content (AvgIpc) is 3.63. The van der Waals surface area contributed by atoms with Gasteiger partial charge in [0, 0.05) is 23.9 Å². The van der Waals surface area contributed by atoms with Crippen LogP contribution in [0.5, 0.6) is 11.8 Å². The van der Waals surface area contributed by atoms with E-state index in [4.69, 9.17) is 31.8 Å². The largest absolute Gasteiger partial charge is 0.486 e. The quantitative estimate of drug-likeness (QED) is 0.264. The van der Waals surface area contributed by atoms with E-state index in [1.165, 1.54) is 12.1 Å². The van der Waals surface area contributed by atoms with Crippen molar-refractivity contribution >= 4 is 54.7 Å². The molecule has 0 bridgehead atoms. The number of rotatable bonds is 6. The number of aliphatic hydroxyl groups is 1. The summed E-state index contributed by atoms with van der Waals surface area (Å²) < 4.78 is 59.0. The van der Waals surface area contributed by atoms with Gasteiger partial charge < -0.3 is 25.2 Å². The fraction of sp³-hybridized carbons (Fsp3) is 0.452. The first-order chi connectivity index (χ1) is 21.6. The molecular weight excluding hydrogens is 629 g/mol. The van der Waals surface area contributed by atoms with Crippen LogP contribution in [0.1, 0.15) is 38.7 Å². The van der Waals surface area contributed by atoms with Crippen molar-refractivity contribution in [3.05, 3.63) is 34.4 Å². The molecule has 5 heterocycles. The third kappa shape index (κ3) is 4.64. The highest BCUT2D eigenvalue weighted by atomic mass is 35.5. The minimum absolute atomic E-state index is 0.0127. The van der Waals surface area contributed by atoms with Crippen molar-refractivity contribution in [3.63, 3.8) is 0 Å². The number of halogens is 4. The number of aliphatic hydroxyl groups excluding tert-OH is 1. The Bertz CT molecular complexity index is 1900. The number of nitriles is 1. The molecule has 4 atom stereocenters. The van der Waals surface area contributed by atoms with Crippen LogP contribution in [-0.4, -0.2) is 76.7 Å². The van der Waals surface area contributed by atoms with E-state index < -0.39 is 35.5 Å². The number of thiophene rings is 1. The number of nitrogens with zero attached hydrogens (tertiary/aromatic N) is 5. The lowest BCUT2D eigenvalue weighted by atomic mass is 9.95. The van der Waals surface area contributed by atoms with Gasteiger partial charge in [-0.25, -0.2) is 13.2 Å². The normalized spacial score (nSPS) is 23.6. The van der Waals surface area contributed by atoms with Crippen molar-refractivity contribution in [2.24, 2.45) is 0 Å². The molecule has 45 heavy (non-hydrogen) atoms. The molecule has 9 nitrogen and oxygen atoms in total. The van der Waals surface area contributed by atoms with Gasteiger partial charge in [-0.2, -0.15) is 15.2 Å². The zero-order chi connectivity index (χ0) is 31.8. The van der Waals surface area contributed by atoms with Gasteiger partial charge in [-0.3, -0.25) is 4.90 Å². The van der Waals surface area contributed by atoms with Crippen molar-refractivity contribution in [2.75, 3.05) is 43.5 Å². The van der Waals surface area contributed by atoms with Gasteiger partial charge in [0.1, 0.15) is 47.1 Å². The Balaban J connectivity index is 1.47. The van der Waals surface area contributed by atoms with Crippen LogP contribution in [0.15, 0.2) is 12.1 Å². The van der Waals surface area contributed by atoms with Gasteiger partial charge in [-0.15, -0.1) is 11.3 Å². The number of alkyl halides is 1. The van der Waals surface area contributed by atoms with Crippen LogP contribution in [0.25, 0.3) is 32.1 Å². The fourth-order valence-electron chi connectivity index (χ4n) is 7.10. The Morgan fingerprint density at radius 2 is 2.11 bits per heavy atom. The SMILES string of the molecule is C[C@@H]1CN([C@H](C)CO)c2nc(OC[C@@]34CCCN3C[C@H](F)C4)nc3c(F)c(-c4ccc(F)c5sc(N)c(C#N)c45)c(Cl)c(c23)O1. The number of anilines is 2. The number of hydrogen-bond acceptors (Lipinski definition) is 10. The van der Waals surface area contributed by atoms with Crippen molar-refractivity contribution in [1.82, 2.24) is 14.9 Å². The molecule has 236 valence electrons. The van der Waals surface area contributed by atoms with E-state index in [1.807, 2.05) is 13.0 Å². The molecule has 2 fully saturated rings. The van der Waals surface area contributed by atoms with Gasteiger partial charge in [0.2, 0.25) is 0 Å². The van der Waals surface area contributed by atoms with Crippen LogP contribution >= 0.6 is 22.9 Å². The Hall–Kier alpha value is -3.57. The maximum Gasteiger partial charge on any atom is 0.319 e. The van der Waals surface area contributed by atoms with Crippen LogP contribution in [0.2, 0.25) is 5.02 Å². The number of hydrogen-bond donors (Lipinski definition) is 2. The molecule has 0 unspecified atom stereocenters. The zero-order valence-electron chi connectivity index (χ0n) is 24.5. The Labute approximate surface area is 265 Å². The minimum atomic E-state index is -0.961. The van der Waals surface area contributed by atoms with Crippen LogP contribution in [0, 0.1) is 23.0 Å². The van der Waals surface area contributed by atoms with Gasteiger partial charge in [0.25, 0.3) is 0 Å². The monoisotopic (exact) mass is 658 g/mol. The summed E-state index contributed by atoms with van der Waals surface area (Å²) in [6.07, 6.45) is 0.563. The highest BCUT2D eigenvalue weighted by Gasteiger charge is 2.49. The molecule has 3 N–H and O–H groups in total. The molecular formula is C31H30ClF3N6O3S. The van der Waals surface area contributed by atoms with Crippen LogP contribution < -0.4 is 20.1 Å². The maximum absolute atomic E-state index is 17.0. The van der Waals surface area contributed by atoms with E-state index in [0.29, 0.717) is 13.0 Å². The lowest BCUT2D eigenvalue weighted by Crippen LogP contribution is -2.43. The zero-order valence-corrected chi connectivity index (χ0v) is 26.1. The summed E-state index contributed by atoms with van der Waals surface area (Å²) >= 11 is 7.86. The summed E-state index contributed by atoms with van der Waals surface area (Å²) in [5.74, 6) is -1.08. The average molecular weight is 659 g/mol. The summed E-state index contributed by atoms with van der Waals surface area (Å²) in [6, 6.07) is 3.98. The standard InChI is InChI=1S/C31H30ClF3N6O3S/c1-14(12-42)41-10-15(2)44-26-22-25(38-30(39-29(22)41)43-13-31-6-3-7-40(31)11-16(33)8-31)24(35)21(23(26)32)17-4-5-19(34)27-20(17)18(9-36)28(37)45-27/h4-5,14-16,42H,3,6-8,10-13,37H2,1-2H3/t14-,15-,16-,31+/m1/s1. The first-order valence-corrected chi connectivity index (χ1v) is 16.0. The molecule has 2 saturated heterocycles. The van der Waals surface area contributed by atoms with E-state index in [2.05, 4.69) is 9.88 Å². The number of nitrogen functional groups attached to an aromatic ring is 1. The number of fused-ring (bicyclic) bond motifs is 2. The van der Waals surface area contributed by atoms with E-state index in [-0.39, 0.29) is 85.0 Å². The van der Waals surface area contributed by atoms with Crippen LogP contribution in [0.4, 0.5) is 24.0 Å². The summed E-state index contributed by atoms with van der Waals surface area (Å²) in [5, 5.41) is 20.3. The second-order valence-electron chi connectivity index (χ2n) is 12.1. The molecule has 0 radical (unpaired) electrons. The Morgan fingerprint density at radius 3 is 2.87 bits per heavy atom. The molecule has 7 rings (SSSR count). The molecule has 14 heteroatoms. The molecule has 3 aliphatic heterocycles. The third-order valence-corrected chi connectivity index (χ3v) is 10.6. The van der Waals surface area contributed by atoms with Crippen LogP contribution in [0.3, 0.4) is 0 Å². The third-order valence-electron chi connectivity index (χ3n) is 9.21. The summed E-state index contributed by atoms with van der Waals surface area (Å²) in [7, 11) is 0. The molecule has 3 aliphatic rings. The second-order valence-corrected chi connectivity index (χ2v) is 13.5. The van der Waals surface area contributed by atoms with E-state index in [0.717, 1.165) is 30.7 Å².